The van der Waals surface area contributed by atoms with Gasteiger partial charge in [0.25, 0.3) is 15.9 Å². The fourth-order valence-corrected chi connectivity index (χ4v) is 2.47. The van der Waals surface area contributed by atoms with Gasteiger partial charge in [-0.3, -0.25) is 4.18 Å². The van der Waals surface area contributed by atoms with E-state index in [1.54, 1.807) is 13.1 Å². The second-order valence-corrected chi connectivity index (χ2v) is 6.30. The van der Waals surface area contributed by atoms with Gasteiger partial charge in [-0.05, 0) is 0 Å². The van der Waals surface area contributed by atoms with E-state index in [-0.39, 0.29) is 6.61 Å². The third-order valence-corrected chi connectivity index (χ3v) is 3.74. The SMILES string of the molecule is CC1(c2cnc(COS(C)(=O)=O)s2)OC=CO1. The molecule has 0 spiro atoms. The fraction of sp³-hybridized carbons (Fsp3) is 0.444. The van der Waals surface area contributed by atoms with Gasteiger partial charge in [-0.1, -0.05) is 0 Å². The Morgan fingerprint density at radius 2 is 2.12 bits per heavy atom. The van der Waals surface area contributed by atoms with Crippen molar-refractivity contribution in [2.24, 2.45) is 0 Å². The highest BCUT2D eigenvalue weighted by molar-refractivity contribution is 7.85. The van der Waals surface area contributed by atoms with Gasteiger partial charge in [0.15, 0.2) is 0 Å². The van der Waals surface area contributed by atoms with Crippen LogP contribution in [0.15, 0.2) is 18.7 Å². The van der Waals surface area contributed by atoms with Crippen LogP contribution in [0.4, 0.5) is 0 Å². The van der Waals surface area contributed by atoms with E-state index in [0.717, 1.165) is 11.1 Å². The number of nitrogens with zero attached hydrogens (tertiary/aromatic N) is 1. The van der Waals surface area contributed by atoms with Gasteiger partial charge in [0.2, 0.25) is 0 Å². The van der Waals surface area contributed by atoms with Crippen LogP contribution in [0.5, 0.6) is 0 Å². The third-order valence-electron chi connectivity index (χ3n) is 2.04. The van der Waals surface area contributed by atoms with E-state index < -0.39 is 15.9 Å². The Morgan fingerprint density at radius 3 is 2.71 bits per heavy atom. The molecule has 2 heterocycles. The molecule has 0 bridgehead atoms. The summed E-state index contributed by atoms with van der Waals surface area (Å²) in [7, 11) is -3.46. The molecule has 2 rings (SSSR count). The van der Waals surface area contributed by atoms with Gasteiger partial charge in [0.05, 0.1) is 6.26 Å². The maximum Gasteiger partial charge on any atom is 0.284 e. The first-order valence-electron chi connectivity index (χ1n) is 4.69. The van der Waals surface area contributed by atoms with Gasteiger partial charge in [0, 0.05) is 13.1 Å². The number of hydrogen-bond acceptors (Lipinski definition) is 7. The summed E-state index contributed by atoms with van der Waals surface area (Å²) in [5.41, 5.74) is 0. The molecule has 0 saturated carbocycles. The summed E-state index contributed by atoms with van der Waals surface area (Å²) in [5, 5.41) is 0.547. The van der Waals surface area contributed by atoms with Crippen molar-refractivity contribution < 1.29 is 22.1 Å². The molecule has 1 aliphatic heterocycles. The van der Waals surface area contributed by atoms with Crippen molar-refractivity contribution in [2.45, 2.75) is 19.3 Å². The lowest BCUT2D eigenvalue weighted by Gasteiger charge is -2.20. The fourth-order valence-electron chi connectivity index (χ4n) is 1.20. The molecular weight excluding hydrogens is 266 g/mol. The minimum absolute atomic E-state index is 0.0764. The zero-order valence-corrected chi connectivity index (χ0v) is 10.9. The maximum atomic E-state index is 10.8. The van der Waals surface area contributed by atoms with E-state index in [2.05, 4.69) is 9.17 Å². The van der Waals surface area contributed by atoms with E-state index in [0.29, 0.717) is 5.01 Å². The zero-order valence-electron chi connectivity index (χ0n) is 9.24. The van der Waals surface area contributed by atoms with E-state index in [9.17, 15) is 8.42 Å². The highest BCUT2D eigenvalue weighted by atomic mass is 32.2. The summed E-state index contributed by atoms with van der Waals surface area (Å²) in [4.78, 5) is 4.80. The summed E-state index contributed by atoms with van der Waals surface area (Å²) in [6.07, 6.45) is 5.48. The quantitative estimate of drug-likeness (QED) is 0.772. The minimum atomic E-state index is -3.46. The van der Waals surface area contributed by atoms with Crippen molar-refractivity contribution in [1.29, 1.82) is 0 Å². The molecule has 0 fully saturated rings. The molecule has 0 saturated heterocycles. The van der Waals surface area contributed by atoms with Crippen LogP contribution in [0.2, 0.25) is 0 Å². The monoisotopic (exact) mass is 277 g/mol. The number of ether oxygens (including phenoxy) is 2. The molecule has 94 valence electrons. The van der Waals surface area contributed by atoms with Crippen LogP contribution >= 0.6 is 11.3 Å². The van der Waals surface area contributed by atoms with Crippen molar-refractivity contribution in [3.05, 3.63) is 28.6 Å². The van der Waals surface area contributed by atoms with Crippen LogP contribution in [0.3, 0.4) is 0 Å². The van der Waals surface area contributed by atoms with Crippen LogP contribution in [0, 0.1) is 0 Å². The average molecular weight is 277 g/mol. The van der Waals surface area contributed by atoms with Crippen LogP contribution < -0.4 is 0 Å². The van der Waals surface area contributed by atoms with Gasteiger partial charge in [-0.2, -0.15) is 8.42 Å². The number of aromatic nitrogens is 1. The Morgan fingerprint density at radius 1 is 1.47 bits per heavy atom. The Kier molecular flexibility index (Phi) is 3.11. The molecule has 17 heavy (non-hydrogen) atoms. The molecule has 0 aromatic carbocycles. The maximum absolute atomic E-state index is 10.8. The highest BCUT2D eigenvalue weighted by Crippen LogP contribution is 2.35. The van der Waals surface area contributed by atoms with Crippen molar-refractivity contribution >= 4 is 21.5 Å². The van der Waals surface area contributed by atoms with Gasteiger partial charge in [-0.25, -0.2) is 4.98 Å². The normalized spacial score (nSPS) is 17.8. The first-order chi connectivity index (χ1) is 7.89. The van der Waals surface area contributed by atoms with E-state index in [4.69, 9.17) is 9.47 Å². The van der Waals surface area contributed by atoms with Crippen LogP contribution in [-0.4, -0.2) is 19.7 Å². The van der Waals surface area contributed by atoms with Crippen LogP contribution in [0.25, 0.3) is 0 Å². The lowest BCUT2D eigenvalue weighted by Crippen LogP contribution is -2.20. The van der Waals surface area contributed by atoms with Crippen molar-refractivity contribution in [3.8, 4) is 0 Å². The molecule has 0 atom stereocenters. The molecule has 0 aliphatic carbocycles. The minimum Gasteiger partial charge on any atom is -0.452 e. The summed E-state index contributed by atoms with van der Waals surface area (Å²) < 4.78 is 36.9. The van der Waals surface area contributed by atoms with E-state index >= 15 is 0 Å². The Bertz CT molecular complexity index is 525. The molecule has 1 aromatic heterocycles. The first kappa shape index (κ1) is 12.3. The molecule has 6 nitrogen and oxygen atoms in total. The number of thiazole rings is 1. The molecule has 1 aliphatic rings. The molecule has 8 heteroatoms. The second kappa shape index (κ2) is 4.28. The molecular formula is C9H11NO5S2. The molecule has 0 radical (unpaired) electrons. The third kappa shape index (κ3) is 2.96. The van der Waals surface area contributed by atoms with Gasteiger partial charge >= 0.3 is 0 Å². The molecule has 0 amide bonds. The molecule has 1 aromatic rings. The first-order valence-corrected chi connectivity index (χ1v) is 7.33. The standard InChI is InChI=1S/C9H11NO5S2/c1-9(13-3-4-14-9)7-5-10-8(16-7)6-15-17(2,11)12/h3-5H,6H2,1-2H3. The number of hydrogen-bond donors (Lipinski definition) is 0. The lowest BCUT2D eigenvalue weighted by molar-refractivity contribution is -0.130. The Hall–Kier alpha value is -1.12. The van der Waals surface area contributed by atoms with Crippen molar-refractivity contribution in [1.82, 2.24) is 4.98 Å². The van der Waals surface area contributed by atoms with Crippen molar-refractivity contribution in [2.75, 3.05) is 6.26 Å². The zero-order chi connectivity index (χ0) is 12.5. The van der Waals surface area contributed by atoms with Gasteiger partial charge in [-0.15, -0.1) is 11.3 Å². The highest BCUT2D eigenvalue weighted by Gasteiger charge is 2.34. The summed E-state index contributed by atoms with van der Waals surface area (Å²) in [6, 6.07) is 0. The summed E-state index contributed by atoms with van der Waals surface area (Å²) >= 11 is 1.28. The van der Waals surface area contributed by atoms with E-state index in [1.165, 1.54) is 23.9 Å². The average Bonchev–Trinajstić information content (AvgIpc) is 2.83. The summed E-state index contributed by atoms with van der Waals surface area (Å²) in [6.45, 7) is 1.68. The summed E-state index contributed by atoms with van der Waals surface area (Å²) in [5.74, 6) is -0.874. The van der Waals surface area contributed by atoms with Crippen LogP contribution in [-0.2, 0) is 36.2 Å². The Balaban J connectivity index is 2.06. The smallest absolute Gasteiger partial charge is 0.284 e. The topological polar surface area (TPSA) is 74.7 Å². The van der Waals surface area contributed by atoms with Crippen molar-refractivity contribution in [3.63, 3.8) is 0 Å². The molecule has 0 N–H and O–H groups in total. The van der Waals surface area contributed by atoms with Crippen LogP contribution in [0.1, 0.15) is 16.8 Å². The molecule has 0 unspecified atom stereocenters. The largest absolute Gasteiger partial charge is 0.452 e. The predicted molar refractivity (Wildman–Crippen MR) is 60.4 cm³/mol. The second-order valence-electron chi connectivity index (χ2n) is 3.54. The van der Waals surface area contributed by atoms with Gasteiger partial charge in [0.1, 0.15) is 29.0 Å². The van der Waals surface area contributed by atoms with Gasteiger partial charge < -0.3 is 9.47 Å². The van der Waals surface area contributed by atoms with E-state index in [1.807, 2.05) is 0 Å². The number of rotatable bonds is 4. The lowest BCUT2D eigenvalue weighted by atomic mass is 10.3. The predicted octanol–water partition coefficient (Wildman–Crippen LogP) is 1.31. The Labute approximate surface area is 103 Å².